The lowest BCUT2D eigenvalue weighted by atomic mass is 10.0. The van der Waals surface area contributed by atoms with E-state index in [2.05, 4.69) is 10.1 Å². The van der Waals surface area contributed by atoms with Gasteiger partial charge < -0.3 is 19.7 Å². The van der Waals surface area contributed by atoms with Gasteiger partial charge in [-0.05, 0) is 42.9 Å². The normalized spacial score (nSPS) is 21.6. The minimum Gasteiger partial charge on any atom is -0.465 e. The number of anilines is 1. The molecular formula is C18H22N2O5. The first-order valence-corrected chi connectivity index (χ1v) is 8.40. The van der Waals surface area contributed by atoms with Crippen molar-refractivity contribution in [1.29, 1.82) is 0 Å². The molecule has 2 atom stereocenters. The van der Waals surface area contributed by atoms with Crippen LogP contribution in [0, 0.1) is 11.8 Å². The number of fused-ring (bicyclic) bond motifs is 1. The summed E-state index contributed by atoms with van der Waals surface area (Å²) in [7, 11) is 2.47. The highest BCUT2D eigenvalue weighted by molar-refractivity contribution is 6.04. The summed E-state index contributed by atoms with van der Waals surface area (Å²) in [6, 6.07) is 4.28. The Kier molecular flexibility index (Phi) is 4.92. The molecule has 0 bridgehead atoms. The number of rotatable bonds is 3. The Hall–Kier alpha value is -2.57. The molecule has 0 unspecified atom stereocenters. The molecule has 1 saturated carbocycles. The van der Waals surface area contributed by atoms with Crippen LogP contribution in [-0.4, -0.2) is 50.2 Å². The molecule has 2 fully saturated rings. The topological polar surface area (TPSA) is 84.9 Å². The number of nitrogens with one attached hydrogen (secondary N) is 1. The standard InChI is InChI=1S/C18H22N2O5/c1-24-16(21)14-7-6-13(8-15(14)17(22)25-2)19-18(23)20-9-11-4-3-5-12(11)10-20/h6-8,11-12H,3-5,9-10H2,1-2H3,(H,19,23)/t11-,12-/m0/s1. The maximum Gasteiger partial charge on any atom is 0.338 e. The van der Waals surface area contributed by atoms with Crippen LogP contribution in [0.1, 0.15) is 40.0 Å². The number of esters is 2. The second-order valence-electron chi connectivity index (χ2n) is 6.53. The second-order valence-corrected chi connectivity index (χ2v) is 6.53. The summed E-state index contributed by atoms with van der Waals surface area (Å²) in [6.45, 7) is 1.56. The van der Waals surface area contributed by atoms with Crippen LogP contribution >= 0.6 is 0 Å². The molecule has 1 aromatic carbocycles. The van der Waals surface area contributed by atoms with Crippen molar-refractivity contribution >= 4 is 23.7 Å². The van der Waals surface area contributed by atoms with E-state index in [1.54, 1.807) is 6.07 Å². The van der Waals surface area contributed by atoms with Crippen LogP contribution in [-0.2, 0) is 9.47 Å². The number of hydrogen-bond acceptors (Lipinski definition) is 5. The van der Waals surface area contributed by atoms with Crippen LogP contribution in [0.15, 0.2) is 18.2 Å². The number of amides is 2. The molecule has 1 N–H and O–H groups in total. The lowest BCUT2D eigenvalue weighted by Gasteiger charge is -2.18. The average molecular weight is 346 g/mol. The predicted molar refractivity (Wildman–Crippen MR) is 90.5 cm³/mol. The van der Waals surface area contributed by atoms with Crippen LogP contribution < -0.4 is 5.32 Å². The summed E-state index contributed by atoms with van der Waals surface area (Å²) in [5, 5.41) is 2.80. The van der Waals surface area contributed by atoms with E-state index in [9.17, 15) is 14.4 Å². The Morgan fingerprint density at radius 2 is 1.60 bits per heavy atom. The fraction of sp³-hybridized carbons (Fsp3) is 0.500. The highest BCUT2D eigenvalue weighted by Crippen LogP contribution is 2.37. The van der Waals surface area contributed by atoms with Gasteiger partial charge in [0.15, 0.2) is 0 Å². The molecule has 7 heteroatoms. The van der Waals surface area contributed by atoms with Gasteiger partial charge in [0.05, 0.1) is 25.3 Å². The fourth-order valence-corrected chi connectivity index (χ4v) is 3.79. The first kappa shape index (κ1) is 17.3. The molecule has 2 amide bonds. The number of benzene rings is 1. The zero-order chi connectivity index (χ0) is 18.0. The van der Waals surface area contributed by atoms with Crippen molar-refractivity contribution in [2.75, 3.05) is 32.6 Å². The number of methoxy groups -OCH3 is 2. The molecule has 3 rings (SSSR count). The van der Waals surface area contributed by atoms with E-state index in [4.69, 9.17) is 4.74 Å². The van der Waals surface area contributed by atoms with Crippen molar-refractivity contribution in [2.45, 2.75) is 19.3 Å². The predicted octanol–water partition coefficient (Wildman–Crippen LogP) is 2.52. The minimum absolute atomic E-state index is 0.0606. The highest BCUT2D eigenvalue weighted by atomic mass is 16.5. The molecular weight excluding hydrogens is 324 g/mol. The molecule has 1 aliphatic carbocycles. The lowest BCUT2D eigenvalue weighted by Crippen LogP contribution is -2.33. The molecule has 25 heavy (non-hydrogen) atoms. The molecule has 1 saturated heterocycles. The Balaban J connectivity index is 1.75. The van der Waals surface area contributed by atoms with Crippen molar-refractivity contribution in [2.24, 2.45) is 11.8 Å². The third-order valence-corrected chi connectivity index (χ3v) is 5.09. The quantitative estimate of drug-likeness (QED) is 0.850. The zero-order valence-electron chi connectivity index (χ0n) is 14.4. The maximum absolute atomic E-state index is 12.5. The molecule has 2 aliphatic rings. The molecule has 1 heterocycles. The third kappa shape index (κ3) is 3.45. The fourth-order valence-electron chi connectivity index (χ4n) is 3.79. The van der Waals surface area contributed by atoms with Crippen LogP contribution in [0.3, 0.4) is 0 Å². The number of ether oxygens (including phenoxy) is 2. The molecule has 0 radical (unpaired) electrons. The number of hydrogen-bond donors (Lipinski definition) is 1. The third-order valence-electron chi connectivity index (χ3n) is 5.09. The van der Waals surface area contributed by atoms with Gasteiger partial charge in [-0.15, -0.1) is 0 Å². The van der Waals surface area contributed by atoms with Gasteiger partial charge in [-0.2, -0.15) is 0 Å². The number of urea groups is 1. The zero-order valence-corrected chi connectivity index (χ0v) is 14.4. The second kappa shape index (κ2) is 7.13. The van der Waals surface area contributed by atoms with Gasteiger partial charge in [-0.3, -0.25) is 0 Å². The average Bonchev–Trinajstić information content (AvgIpc) is 3.22. The summed E-state index contributed by atoms with van der Waals surface area (Å²) < 4.78 is 9.39. The SMILES string of the molecule is COC(=O)c1ccc(NC(=O)N2C[C@@H]3CCC[C@H]3C2)cc1C(=O)OC. The van der Waals surface area contributed by atoms with E-state index in [-0.39, 0.29) is 17.2 Å². The number of nitrogens with zero attached hydrogens (tertiary/aromatic N) is 1. The molecule has 1 aliphatic heterocycles. The minimum atomic E-state index is -0.660. The van der Waals surface area contributed by atoms with Gasteiger partial charge in [-0.25, -0.2) is 14.4 Å². The summed E-state index contributed by atoms with van der Waals surface area (Å²) in [5.74, 6) is -0.0750. The highest BCUT2D eigenvalue weighted by Gasteiger charge is 2.38. The van der Waals surface area contributed by atoms with E-state index in [1.807, 2.05) is 4.90 Å². The van der Waals surface area contributed by atoms with E-state index in [0.717, 1.165) is 13.1 Å². The van der Waals surface area contributed by atoms with Crippen molar-refractivity contribution in [3.8, 4) is 0 Å². The van der Waals surface area contributed by atoms with Gasteiger partial charge in [0.1, 0.15) is 0 Å². The van der Waals surface area contributed by atoms with E-state index < -0.39 is 11.9 Å². The monoisotopic (exact) mass is 346 g/mol. The van der Waals surface area contributed by atoms with Crippen molar-refractivity contribution in [3.05, 3.63) is 29.3 Å². The van der Waals surface area contributed by atoms with Gasteiger partial charge >= 0.3 is 18.0 Å². The molecule has 0 spiro atoms. The Morgan fingerprint density at radius 1 is 1.00 bits per heavy atom. The largest absolute Gasteiger partial charge is 0.465 e. The van der Waals surface area contributed by atoms with Crippen LogP contribution in [0.25, 0.3) is 0 Å². The van der Waals surface area contributed by atoms with Crippen molar-refractivity contribution in [3.63, 3.8) is 0 Å². The lowest BCUT2D eigenvalue weighted by molar-refractivity contribution is 0.0555. The van der Waals surface area contributed by atoms with Crippen molar-refractivity contribution < 1.29 is 23.9 Å². The summed E-state index contributed by atoms with van der Waals surface area (Å²) in [4.78, 5) is 38.0. The number of carbonyl (C=O) groups excluding carboxylic acids is 3. The number of likely N-dealkylation sites (tertiary alicyclic amines) is 1. The van der Waals surface area contributed by atoms with E-state index in [1.165, 1.54) is 45.6 Å². The van der Waals surface area contributed by atoms with Gasteiger partial charge in [0.2, 0.25) is 0 Å². The summed E-state index contributed by atoms with van der Waals surface area (Å²) in [5.41, 5.74) is 0.601. The van der Waals surface area contributed by atoms with E-state index >= 15 is 0 Å². The summed E-state index contributed by atoms with van der Waals surface area (Å²) in [6.07, 6.45) is 3.63. The van der Waals surface area contributed by atoms with Gasteiger partial charge in [-0.1, -0.05) is 6.42 Å². The smallest absolute Gasteiger partial charge is 0.338 e. The van der Waals surface area contributed by atoms with Gasteiger partial charge in [0, 0.05) is 18.8 Å². The van der Waals surface area contributed by atoms with Crippen LogP contribution in [0.2, 0.25) is 0 Å². The van der Waals surface area contributed by atoms with E-state index in [0.29, 0.717) is 17.5 Å². The first-order chi connectivity index (χ1) is 12.0. The Morgan fingerprint density at radius 3 is 2.20 bits per heavy atom. The van der Waals surface area contributed by atoms with Crippen LogP contribution in [0.4, 0.5) is 10.5 Å². The molecule has 7 nitrogen and oxygen atoms in total. The first-order valence-electron chi connectivity index (χ1n) is 8.40. The Bertz CT molecular complexity index is 691. The molecule has 1 aromatic rings. The number of carbonyl (C=O) groups is 3. The maximum atomic E-state index is 12.5. The summed E-state index contributed by atoms with van der Waals surface area (Å²) >= 11 is 0. The van der Waals surface area contributed by atoms with Gasteiger partial charge in [0.25, 0.3) is 0 Å². The molecule has 0 aromatic heterocycles. The Labute approximate surface area is 146 Å². The van der Waals surface area contributed by atoms with Crippen LogP contribution in [0.5, 0.6) is 0 Å². The molecule has 134 valence electrons. The van der Waals surface area contributed by atoms with Crippen molar-refractivity contribution in [1.82, 2.24) is 4.90 Å².